The molecule has 0 radical (unpaired) electrons. The van der Waals surface area contributed by atoms with E-state index >= 15 is 0 Å². The smallest absolute Gasteiger partial charge is 0.320 e. The summed E-state index contributed by atoms with van der Waals surface area (Å²) in [4.78, 5) is 0. The van der Waals surface area contributed by atoms with Gasteiger partial charge in [-0.1, -0.05) is 29.7 Å². The fourth-order valence-corrected chi connectivity index (χ4v) is 5.54. The van der Waals surface area contributed by atoms with Crippen LogP contribution >= 0.6 is 0 Å². The Labute approximate surface area is 89.6 Å². The lowest BCUT2D eigenvalue weighted by atomic mass is 11.8. The van der Waals surface area contributed by atoms with E-state index < -0.39 is 17.6 Å². The lowest BCUT2D eigenvalue weighted by Crippen LogP contribution is -2.37. The number of hydrogen-bond donors (Lipinski definition) is 0. The molecule has 0 rings (SSSR count). The summed E-state index contributed by atoms with van der Waals surface area (Å²) in [6, 6.07) is 0. The number of hydrogen-bond acceptors (Lipinski definition) is 2. The Balaban J connectivity index is -0.0000000533. The van der Waals surface area contributed by atoms with Crippen molar-refractivity contribution in [1.29, 1.82) is 0 Å². The second kappa shape index (κ2) is 12.4. The third-order valence-electron chi connectivity index (χ3n) is 1.01. The van der Waals surface area contributed by atoms with Crippen molar-refractivity contribution in [1.82, 2.24) is 0 Å². The zero-order chi connectivity index (χ0) is 7.49. The summed E-state index contributed by atoms with van der Waals surface area (Å²) in [5.41, 5.74) is 0. The van der Waals surface area contributed by atoms with Gasteiger partial charge in [-0.15, -0.1) is 0 Å². The van der Waals surface area contributed by atoms with Crippen LogP contribution in [0.2, 0.25) is 26.2 Å². The van der Waals surface area contributed by atoms with E-state index in [1.54, 1.807) is 7.11 Å². The molecule has 0 saturated heterocycles. The summed E-state index contributed by atoms with van der Waals surface area (Å²) in [6.45, 7) is 8.46. The molecule has 0 saturated carbocycles. The highest BCUT2D eigenvalue weighted by molar-refractivity contribution is 6.72. The van der Waals surface area contributed by atoms with E-state index in [0.29, 0.717) is 0 Å². The Bertz CT molecular complexity index is 85.7. The van der Waals surface area contributed by atoms with Gasteiger partial charge in [0.2, 0.25) is 0 Å². The molecule has 0 aliphatic rings. The fraction of sp³-hybridized carbons (Fsp3) is 1.00. The average molecular weight is 229 g/mol. The highest BCUT2D eigenvalue weighted by Crippen LogP contribution is 2.05. The molecule has 0 aliphatic heterocycles. The maximum absolute atomic E-state index is 5.64. The molecule has 13 heavy (non-hydrogen) atoms. The molecule has 0 aliphatic carbocycles. The summed E-state index contributed by atoms with van der Waals surface area (Å²) >= 11 is 0. The average Bonchev–Trinajstić information content (AvgIpc) is 1.63. The van der Waals surface area contributed by atoms with Gasteiger partial charge in [0.15, 0.2) is 9.04 Å². The van der Waals surface area contributed by atoms with Crippen molar-refractivity contribution in [3.05, 3.63) is 0 Å². The Morgan fingerprint density at radius 2 is 1.23 bits per heavy atom. The van der Waals surface area contributed by atoms with Gasteiger partial charge < -0.3 is 8.54 Å². The number of rotatable bonds is 3. The fourth-order valence-electron chi connectivity index (χ4n) is 0.616. The van der Waals surface area contributed by atoms with Gasteiger partial charge in [-0.25, -0.2) is 0 Å². The SMILES string of the molecule is C.C.C.C.CO[Si](C)(C)O[SiH](C)C. The van der Waals surface area contributed by atoms with E-state index in [2.05, 4.69) is 26.2 Å². The van der Waals surface area contributed by atoms with Crippen molar-refractivity contribution in [2.75, 3.05) is 7.11 Å². The first-order chi connectivity index (χ1) is 3.98. The third kappa shape index (κ3) is 19.0. The lowest BCUT2D eigenvalue weighted by Gasteiger charge is -2.22. The summed E-state index contributed by atoms with van der Waals surface area (Å²) in [5, 5.41) is 0. The molecule has 0 fully saturated rings. The molecule has 0 heterocycles. The van der Waals surface area contributed by atoms with Crippen molar-refractivity contribution in [2.45, 2.75) is 55.9 Å². The Hall–Kier alpha value is 0.354. The summed E-state index contributed by atoms with van der Waals surface area (Å²) in [6.07, 6.45) is 0. The molecule has 0 amide bonds. The summed E-state index contributed by atoms with van der Waals surface area (Å²) in [7, 11) is -0.830. The summed E-state index contributed by atoms with van der Waals surface area (Å²) < 4.78 is 10.8. The van der Waals surface area contributed by atoms with Crippen molar-refractivity contribution >= 4 is 17.6 Å². The molecule has 0 N–H and O–H groups in total. The molecule has 0 bridgehead atoms. The van der Waals surface area contributed by atoms with Crippen LogP contribution in [0.3, 0.4) is 0 Å². The van der Waals surface area contributed by atoms with Crippen LogP contribution in [0.15, 0.2) is 0 Å². The Morgan fingerprint density at radius 3 is 1.31 bits per heavy atom. The second-order valence-corrected chi connectivity index (χ2v) is 9.02. The van der Waals surface area contributed by atoms with Crippen LogP contribution in [0.25, 0.3) is 0 Å². The zero-order valence-electron chi connectivity index (χ0n) is 6.89. The van der Waals surface area contributed by atoms with Gasteiger partial charge in [0, 0.05) is 7.11 Å². The van der Waals surface area contributed by atoms with Crippen molar-refractivity contribution in [3.8, 4) is 0 Å². The highest BCUT2D eigenvalue weighted by atomic mass is 28.4. The molecule has 0 atom stereocenters. The molecule has 2 nitrogen and oxygen atoms in total. The van der Waals surface area contributed by atoms with Gasteiger partial charge >= 0.3 is 8.56 Å². The van der Waals surface area contributed by atoms with Crippen LogP contribution < -0.4 is 0 Å². The molecule has 0 aromatic rings. The topological polar surface area (TPSA) is 18.5 Å². The second-order valence-electron chi connectivity index (χ2n) is 2.77. The van der Waals surface area contributed by atoms with E-state index in [9.17, 15) is 0 Å². The van der Waals surface area contributed by atoms with Gasteiger partial charge in [0.05, 0.1) is 0 Å². The molecular formula is C9H32O2Si2. The lowest BCUT2D eigenvalue weighted by molar-refractivity contribution is 0.317. The predicted molar refractivity (Wildman–Crippen MR) is 71.4 cm³/mol. The van der Waals surface area contributed by atoms with Crippen molar-refractivity contribution in [3.63, 3.8) is 0 Å². The van der Waals surface area contributed by atoms with Gasteiger partial charge in [0.25, 0.3) is 0 Å². The first kappa shape index (κ1) is 29.2. The zero-order valence-corrected chi connectivity index (χ0v) is 9.05. The van der Waals surface area contributed by atoms with Gasteiger partial charge in [0.1, 0.15) is 0 Å². The molecule has 0 unspecified atom stereocenters. The first-order valence-corrected chi connectivity index (χ1v) is 8.80. The van der Waals surface area contributed by atoms with Gasteiger partial charge in [-0.2, -0.15) is 0 Å². The van der Waals surface area contributed by atoms with E-state index in [-0.39, 0.29) is 29.7 Å². The standard InChI is InChI=1S/C5H16O2Si2.4CH4/c1-6-9(4,5)7-8(2)3;;;;/h8H,1-5H3;4*1H4. The highest BCUT2D eigenvalue weighted by Gasteiger charge is 2.23. The van der Waals surface area contributed by atoms with Crippen LogP contribution in [0.4, 0.5) is 0 Å². The van der Waals surface area contributed by atoms with Crippen LogP contribution in [-0.4, -0.2) is 24.7 Å². The minimum atomic E-state index is -1.68. The quantitative estimate of drug-likeness (QED) is 0.683. The van der Waals surface area contributed by atoms with Crippen LogP contribution in [0.5, 0.6) is 0 Å². The Morgan fingerprint density at radius 1 is 0.923 bits per heavy atom. The Kier molecular flexibility index (Phi) is 27.8. The normalized spacial score (nSPS) is 8.77. The van der Waals surface area contributed by atoms with Crippen molar-refractivity contribution < 1.29 is 8.54 Å². The van der Waals surface area contributed by atoms with Gasteiger partial charge in [-0.05, 0) is 26.2 Å². The third-order valence-corrected chi connectivity index (χ3v) is 6.15. The molecular weight excluding hydrogens is 196 g/mol. The predicted octanol–water partition coefficient (Wildman–Crippen LogP) is 3.88. The largest absolute Gasteiger partial charge is 0.439 e. The minimum absolute atomic E-state index is 0. The molecule has 0 spiro atoms. The van der Waals surface area contributed by atoms with Crippen molar-refractivity contribution in [2.24, 2.45) is 0 Å². The maximum atomic E-state index is 5.64. The van der Waals surface area contributed by atoms with Crippen LogP contribution in [0.1, 0.15) is 29.7 Å². The van der Waals surface area contributed by atoms with Crippen LogP contribution in [-0.2, 0) is 8.54 Å². The molecule has 0 aromatic heterocycles. The van der Waals surface area contributed by atoms with E-state index in [1.807, 2.05) is 0 Å². The summed E-state index contributed by atoms with van der Waals surface area (Å²) in [5.74, 6) is 0. The van der Waals surface area contributed by atoms with E-state index in [4.69, 9.17) is 8.54 Å². The molecule has 0 aromatic carbocycles. The monoisotopic (exact) mass is 228 g/mol. The molecule has 88 valence electrons. The van der Waals surface area contributed by atoms with E-state index in [1.165, 1.54) is 0 Å². The first-order valence-electron chi connectivity index (χ1n) is 3.21. The molecule has 4 heteroatoms. The van der Waals surface area contributed by atoms with Crippen LogP contribution in [0, 0.1) is 0 Å². The minimum Gasteiger partial charge on any atom is -0.439 e. The maximum Gasteiger partial charge on any atom is 0.320 e. The van der Waals surface area contributed by atoms with Gasteiger partial charge in [-0.3, -0.25) is 0 Å². The van der Waals surface area contributed by atoms with E-state index in [0.717, 1.165) is 0 Å².